The van der Waals surface area contributed by atoms with E-state index in [0.717, 1.165) is 49.8 Å². The van der Waals surface area contributed by atoms with Gasteiger partial charge in [-0.1, -0.05) is 30.3 Å². The zero-order chi connectivity index (χ0) is 30.0. The molecule has 1 aromatic carbocycles. The molecule has 4 heterocycles. The number of amides is 2. The zero-order valence-corrected chi connectivity index (χ0v) is 25.5. The summed E-state index contributed by atoms with van der Waals surface area (Å²) in [4.78, 5) is 35.7. The Hall–Kier alpha value is -3.53. The van der Waals surface area contributed by atoms with E-state index in [1.54, 1.807) is 4.90 Å². The van der Waals surface area contributed by atoms with Gasteiger partial charge in [0.25, 0.3) is 0 Å². The highest BCUT2D eigenvalue weighted by Gasteiger charge is 2.42. The van der Waals surface area contributed by atoms with Crippen LogP contribution in [-0.2, 0) is 20.8 Å². The van der Waals surface area contributed by atoms with Gasteiger partial charge in [-0.05, 0) is 58.1 Å². The number of hydrogen-bond donors (Lipinski definition) is 0. The first-order valence-electron chi connectivity index (χ1n) is 15.7. The summed E-state index contributed by atoms with van der Waals surface area (Å²) < 4.78 is 23.7. The molecule has 0 radical (unpaired) electrons. The summed E-state index contributed by atoms with van der Waals surface area (Å²) in [5.41, 5.74) is 1.61. The molecule has 6 rings (SSSR count). The van der Waals surface area contributed by atoms with E-state index >= 15 is 0 Å². The summed E-state index contributed by atoms with van der Waals surface area (Å²) in [6.07, 6.45) is 7.18. The molecule has 2 bridgehead atoms. The van der Waals surface area contributed by atoms with Crippen molar-refractivity contribution in [2.75, 3.05) is 31.1 Å². The molecule has 3 aliphatic heterocycles. The van der Waals surface area contributed by atoms with Crippen molar-refractivity contribution < 1.29 is 28.5 Å². The predicted octanol–water partition coefficient (Wildman–Crippen LogP) is 5.40. The van der Waals surface area contributed by atoms with Crippen molar-refractivity contribution in [1.29, 1.82) is 0 Å². The number of likely N-dealkylation sites (tertiary alicyclic amines) is 2. The maximum absolute atomic E-state index is 12.8. The second kappa shape index (κ2) is 12.6. The second-order valence-electron chi connectivity index (χ2n) is 13.2. The molecule has 10 nitrogen and oxygen atoms in total. The van der Waals surface area contributed by atoms with E-state index in [4.69, 9.17) is 18.9 Å². The average Bonchev–Trinajstić information content (AvgIpc) is 3.23. The summed E-state index contributed by atoms with van der Waals surface area (Å²) in [5, 5.41) is 0. The summed E-state index contributed by atoms with van der Waals surface area (Å²) in [5.74, 6) is 0.635. The van der Waals surface area contributed by atoms with E-state index in [1.807, 2.05) is 74.3 Å². The maximum Gasteiger partial charge on any atom is 0.410 e. The number of carbonyl (C=O) groups is 2. The number of rotatable bonds is 7. The fourth-order valence-electron chi connectivity index (χ4n) is 6.58. The molecule has 1 saturated carbocycles. The van der Waals surface area contributed by atoms with Gasteiger partial charge in [0.05, 0.1) is 12.2 Å². The van der Waals surface area contributed by atoms with Crippen molar-refractivity contribution in [3.63, 3.8) is 0 Å². The van der Waals surface area contributed by atoms with Crippen LogP contribution in [0.3, 0.4) is 0 Å². The monoisotopic (exact) mass is 592 g/mol. The zero-order valence-electron chi connectivity index (χ0n) is 25.5. The van der Waals surface area contributed by atoms with Gasteiger partial charge in [-0.3, -0.25) is 0 Å². The van der Waals surface area contributed by atoms with E-state index in [1.165, 1.54) is 0 Å². The number of hydrogen-bond acceptors (Lipinski definition) is 8. The van der Waals surface area contributed by atoms with Gasteiger partial charge >= 0.3 is 12.2 Å². The standard InChI is InChI=1S/C33H44N4O6/c1-33(2,3)43-32(39)35-15-12-27(13-16-35)41-28-18-29(19-28)42-30-17-24(11-14-34-30)37-25-9-10-26(37)21-36(20-25)31(38)40-22-23-7-5-4-6-8-23/h4-8,11,14,17,25-29H,9-10,12-13,15-16,18-22H2,1-3H3/t25?,26?,28-,29-. The van der Waals surface area contributed by atoms with E-state index in [2.05, 4.69) is 9.88 Å². The van der Waals surface area contributed by atoms with Gasteiger partial charge in [0.15, 0.2) is 0 Å². The molecule has 1 aliphatic carbocycles. The van der Waals surface area contributed by atoms with Gasteiger partial charge in [0.2, 0.25) is 5.88 Å². The highest BCUT2D eigenvalue weighted by atomic mass is 16.6. The Labute approximate surface area is 254 Å². The minimum Gasteiger partial charge on any atom is -0.474 e. The fourth-order valence-corrected chi connectivity index (χ4v) is 6.58. The van der Waals surface area contributed by atoms with Gasteiger partial charge in [-0.25, -0.2) is 14.6 Å². The Morgan fingerprint density at radius 2 is 1.56 bits per heavy atom. The number of aromatic nitrogens is 1. The number of piperidine rings is 1. The molecule has 2 aromatic rings. The van der Waals surface area contributed by atoms with E-state index in [-0.39, 0.29) is 42.6 Å². The van der Waals surface area contributed by atoms with Crippen molar-refractivity contribution in [3.05, 3.63) is 54.2 Å². The van der Waals surface area contributed by atoms with Crippen LogP contribution in [0.25, 0.3) is 0 Å². The number of carbonyl (C=O) groups excluding carboxylic acids is 2. The van der Waals surface area contributed by atoms with E-state index in [0.29, 0.717) is 38.7 Å². The number of pyridine rings is 1. The van der Waals surface area contributed by atoms with Crippen LogP contribution in [0.4, 0.5) is 15.3 Å². The number of nitrogens with zero attached hydrogens (tertiary/aromatic N) is 4. The van der Waals surface area contributed by atoms with Gasteiger partial charge in [0.1, 0.15) is 18.3 Å². The highest BCUT2D eigenvalue weighted by Crippen LogP contribution is 2.37. The third-order valence-corrected chi connectivity index (χ3v) is 8.78. The lowest BCUT2D eigenvalue weighted by Gasteiger charge is -2.42. The Balaban J connectivity index is 0.939. The van der Waals surface area contributed by atoms with Gasteiger partial charge in [-0.2, -0.15) is 0 Å². The first kappa shape index (κ1) is 29.5. The largest absolute Gasteiger partial charge is 0.474 e. The van der Waals surface area contributed by atoms with Crippen LogP contribution < -0.4 is 9.64 Å². The molecule has 4 aliphatic rings. The summed E-state index contributed by atoms with van der Waals surface area (Å²) in [7, 11) is 0. The molecular weight excluding hydrogens is 548 g/mol. The molecule has 43 heavy (non-hydrogen) atoms. The van der Waals surface area contributed by atoms with Crippen LogP contribution in [0.1, 0.15) is 64.9 Å². The topological polar surface area (TPSA) is 93.7 Å². The Morgan fingerprint density at radius 3 is 2.23 bits per heavy atom. The lowest BCUT2D eigenvalue weighted by Crippen LogP contribution is -2.55. The SMILES string of the molecule is CC(C)(C)OC(=O)N1CCC(O[C@H]2C[C@H](Oc3cc(N4C5CCC4CN(C(=O)OCc4ccccc4)C5)ccn3)C2)CC1. The normalized spacial score (nSPS) is 25.7. The average molecular weight is 593 g/mol. The molecule has 232 valence electrons. The molecule has 3 saturated heterocycles. The van der Waals surface area contributed by atoms with Crippen molar-refractivity contribution >= 4 is 17.9 Å². The molecule has 10 heteroatoms. The molecular formula is C33H44N4O6. The summed E-state index contributed by atoms with van der Waals surface area (Å²) in [6.45, 7) is 8.59. The molecule has 0 spiro atoms. The first-order valence-corrected chi connectivity index (χ1v) is 15.7. The predicted molar refractivity (Wildman–Crippen MR) is 161 cm³/mol. The van der Waals surface area contributed by atoms with Crippen LogP contribution in [-0.4, -0.2) is 89.1 Å². The number of anilines is 1. The molecule has 0 N–H and O–H groups in total. The van der Waals surface area contributed by atoms with Gasteiger partial charge in [-0.15, -0.1) is 0 Å². The Bertz CT molecular complexity index is 1240. The quantitative estimate of drug-likeness (QED) is 0.422. The van der Waals surface area contributed by atoms with Crippen LogP contribution >= 0.6 is 0 Å². The molecule has 4 fully saturated rings. The van der Waals surface area contributed by atoms with Gasteiger partial charge < -0.3 is 33.6 Å². The molecule has 1 aromatic heterocycles. The van der Waals surface area contributed by atoms with Crippen LogP contribution in [0, 0.1) is 0 Å². The number of benzene rings is 1. The maximum atomic E-state index is 12.8. The lowest BCUT2D eigenvalue weighted by atomic mass is 9.91. The van der Waals surface area contributed by atoms with Crippen molar-refractivity contribution in [1.82, 2.24) is 14.8 Å². The minimum atomic E-state index is -0.479. The van der Waals surface area contributed by atoms with Crippen LogP contribution in [0.5, 0.6) is 5.88 Å². The van der Waals surface area contributed by atoms with Gasteiger partial charge in [0, 0.05) is 69.1 Å². The summed E-state index contributed by atoms with van der Waals surface area (Å²) in [6, 6.07) is 14.4. The summed E-state index contributed by atoms with van der Waals surface area (Å²) >= 11 is 0. The Morgan fingerprint density at radius 1 is 0.860 bits per heavy atom. The fraction of sp³-hybridized carbons (Fsp3) is 0.606. The highest BCUT2D eigenvalue weighted by molar-refractivity contribution is 5.69. The smallest absolute Gasteiger partial charge is 0.410 e. The third-order valence-electron chi connectivity index (χ3n) is 8.78. The van der Waals surface area contributed by atoms with Crippen molar-refractivity contribution in [2.45, 2.75) is 102 Å². The second-order valence-corrected chi connectivity index (χ2v) is 13.2. The van der Waals surface area contributed by atoms with E-state index < -0.39 is 5.60 Å². The number of ether oxygens (including phenoxy) is 4. The van der Waals surface area contributed by atoms with Crippen LogP contribution in [0.15, 0.2) is 48.7 Å². The molecule has 2 atom stereocenters. The third kappa shape index (κ3) is 7.34. The number of fused-ring (bicyclic) bond motifs is 2. The lowest BCUT2D eigenvalue weighted by molar-refractivity contribution is -0.110. The Kier molecular flexibility index (Phi) is 8.66. The molecule has 2 unspecified atom stereocenters. The van der Waals surface area contributed by atoms with E-state index in [9.17, 15) is 9.59 Å². The number of piperazine rings is 1. The molecule has 2 amide bonds. The van der Waals surface area contributed by atoms with Crippen molar-refractivity contribution in [2.24, 2.45) is 0 Å². The van der Waals surface area contributed by atoms with Crippen LogP contribution in [0.2, 0.25) is 0 Å². The minimum absolute atomic E-state index is 0.0857. The first-order chi connectivity index (χ1) is 20.7. The van der Waals surface area contributed by atoms with Crippen molar-refractivity contribution in [3.8, 4) is 5.88 Å².